The highest BCUT2D eigenvalue weighted by Gasteiger charge is 2.35. The van der Waals surface area contributed by atoms with Crippen LogP contribution >= 0.6 is 0 Å². The van der Waals surface area contributed by atoms with Crippen molar-refractivity contribution in [3.05, 3.63) is 105 Å². The van der Waals surface area contributed by atoms with E-state index in [1.54, 1.807) is 34.3 Å². The first-order valence-electron chi connectivity index (χ1n) is 23.9. The number of carbonyl (C=O) groups excluding carboxylic acids is 4. The third kappa shape index (κ3) is 16.7. The van der Waals surface area contributed by atoms with Crippen LogP contribution in [0, 0.1) is 0 Å². The Morgan fingerprint density at radius 2 is 0.726 bits per heavy atom. The van der Waals surface area contributed by atoms with Crippen LogP contribution in [0.15, 0.2) is 60.7 Å². The van der Waals surface area contributed by atoms with Gasteiger partial charge < -0.3 is 19.3 Å². The van der Waals surface area contributed by atoms with Crippen LogP contribution in [0.4, 0.5) is 0 Å². The lowest BCUT2D eigenvalue weighted by Crippen LogP contribution is -2.32. The van der Waals surface area contributed by atoms with Gasteiger partial charge >= 0.3 is 11.9 Å². The number of rotatable bonds is 30. The molecule has 0 spiro atoms. The Morgan fingerprint density at radius 1 is 0.435 bits per heavy atom. The van der Waals surface area contributed by atoms with Crippen molar-refractivity contribution in [2.45, 2.75) is 167 Å². The summed E-state index contributed by atoms with van der Waals surface area (Å²) in [6.07, 6.45) is 27.4. The molecule has 0 radical (unpaired) electrons. The number of amides is 2. The SMILES string of the molecule is CCCCCCCCCCCCc1ccc(C(C(=O)N(C)C)c2cc(C(C(=O)N(C)C)c3ccc(CCCCCCCCCCCC)cc3)c(C(=O)OC)cc2C(=O)OC)cc1. The van der Waals surface area contributed by atoms with Crippen LogP contribution in [0.5, 0.6) is 0 Å². The van der Waals surface area contributed by atoms with E-state index >= 15 is 0 Å². The van der Waals surface area contributed by atoms with Gasteiger partial charge in [-0.3, -0.25) is 9.59 Å². The van der Waals surface area contributed by atoms with Gasteiger partial charge in [0.15, 0.2) is 0 Å². The summed E-state index contributed by atoms with van der Waals surface area (Å²) >= 11 is 0. The molecule has 0 aliphatic rings. The molecule has 3 rings (SSSR count). The topological polar surface area (TPSA) is 93.2 Å². The maximum atomic E-state index is 14.3. The van der Waals surface area contributed by atoms with Gasteiger partial charge in [-0.25, -0.2) is 9.59 Å². The van der Waals surface area contributed by atoms with Crippen molar-refractivity contribution in [1.82, 2.24) is 9.80 Å². The number of hydrogen-bond acceptors (Lipinski definition) is 6. The van der Waals surface area contributed by atoms with Gasteiger partial charge in [0.25, 0.3) is 0 Å². The molecule has 0 heterocycles. The summed E-state index contributed by atoms with van der Waals surface area (Å²) in [7, 11) is 9.30. The van der Waals surface area contributed by atoms with E-state index in [-0.39, 0.29) is 22.9 Å². The van der Waals surface area contributed by atoms with Gasteiger partial charge in [0.1, 0.15) is 0 Å². The fraction of sp³-hybridized carbons (Fsp3) is 0.593. The van der Waals surface area contributed by atoms with E-state index in [0.29, 0.717) is 22.3 Å². The minimum atomic E-state index is -0.922. The Labute approximate surface area is 375 Å². The summed E-state index contributed by atoms with van der Waals surface area (Å²) in [5.74, 6) is -3.73. The molecule has 8 heteroatoms. The summed E-state index contributed by atoms with van der Waals surface area (Å²) in [6, 6.07) is 19.2. The monoisotopic (exact) mass is 853 g/mol. The second-order valence-electron chi connectivity index (χ2n) is 17.7. The minimum absolute atomic E-state index is 0.0641. The summed E-state index contributed by atoms with van der Waals surface area (Å²) in [4.78, 5) is 58.8. The van der Waals surface area contributed by atoms with Crippen LogP contribution in [0.3, 0.4) is 0 Å². The summed E-state index contributed by atoms with van der Waals surface area (Å²) < 4.78 is 10.5. The molecule has 0 aliphatic carbocycles. The van der Waals surface area contributed by atoms with Crippen molar-refractivity contribution in [2.75, 3.05) is 42.4 Å². The zero-order valence-electron chi connectivity index (χ0n) is 39.8. The van der Waals surface area contributed by atoms with Crippen LogP contribution in [0.1, 0.15) is 208 Å². The summed E-state index contributed by atoms with van der Waals surface area (Å²) in [5, 5.41) is 0. The lowest BCUT2D eigenvalue weighted by Gasteiger charge is -2.28. The number of nitrogens with zero attached hydrogens (tertiary/aromatic N) is 2. The Balaban J connectivity index is 1.95. The van der Waals surface area contributed by atoms with E-state index in [4.69, 9.17) is 9.47 Å². The second kappa shape index (κ2) is 29.0. The first kappa shape index (κ1) is 51.9. The predicted octanol–water partition coefficient (Wildman–Crippen LogP) is 12.6. The Bertz CT molecular complexity index is 1650. The molecule has 62 heavy (non-hydrogen) atoms. The quantitative estimate of drug-likeness (QED) is 0.0490. The van der Waals surface area contributed by atoms with E-state index in [9.17, 15) is 19.2 Å². The van der Waals surface area contributed by atoms with Gasteiger partial charge in [0, 0.05) is 28.2 Å². The molecule has 0 aromatic heterocycles. The molecule has 8 nitrogen and oxygen atoms in total. The number of carbonyl (C=O) groups is 4. The standard InChI is InChI=1S/C54H80N2O6/c1-9-11-13-15-17-19-21-23-25-27-29-41-31-35-43(36-32-41)49(51(57)55(3)4)45-39-46(48(54(60)62-8)40-47(45)53(59)61-7)50(52(58)56(5)6)44-37-33-42(34-38-44)30-28-26-24-22-20-18-16-14-12-10-2/h31-40,49-50H,9-30H2,1-8H3. The smallest absolute Gasteiger partial charge is 0.338 e. The van der Waals surface area contributed by atoms with Crippen LogP contribution < -0.4 is 0 Å². The first-order valence-corrected chi connectivity index (χ1v) is 23.9. The lowest BCUT2D eigenvalue weighted by molar-refractivity contribution is -0.130. The normalized spacial score (nSPS) is 12.1. The largest absolute Gasteiger partial charge is 0.465 e. The van der Waals surface area contributed by atoms with Gasteiger partial charge in [-0.2, -0.15) is 0 Å². The second-order valence-corrected chi connectivity index (χ2v) is 17.7. The van der Waals surface area contributed by atoms with Crippen molar-refractivity contribution in [3.8, 4) is 0 Å². The highest BCUT2D eigenvalue weighted by molar-refractivity contribution is 6.02. The highest BCUT2D eigenvalue weighted by Crippen LogP contribution is 2.38. The van der Waals surface area contributed by atoms with Gasteiger partial charge in [-0.1, -0.05) is 184 Å². The molecule has 342 valence electrons. The number of aryl methyl sites for hydroxylation is 2. The Kier molecular flexibility index (Phi) is 24.3. The molecule has 3 aromatic rings. The molecule has 0 aliphatic heterocycles. The Morgan fingerprint density at radius 3 is 1.00 bits per heavy atom. The maximum Gasteiger partial charge on any atom is 0.338 e. The zero-order valence-corrected chi connectivity index (χ0v) is 39.8. The third-order valence-electron chi connectivity index (χ3n) is 12.3. The summed E-state index contributed by atoms with van der Waals surface area (Å²) in [5.41, 5.74) is 4.61. The van der Waals surface area contributed by atoms with Crippen molar-refractivity contribution in [1.29, 1.82) is 0 Å². The average molecular weight is 853 g/mol. The van der Waals surface area contributed by atoms with Gasteiger partial charge in [-0.15, -0.1) is 0 Å². The highest BCUT2D eigenvalue weighted by atomic mass is 16.5. The van der Waals surface area contributed by atoms with Gasteiger partial charge in [-0.05, 0) is 65.1 Å². The third-order valence-corrected chi connectivity index (χ3v) is 12.3. The first-order chi connectivity index (χ1) is 30.0. The number of unbranched alkanes of at least 4 members (excludes halogenated alkanes) is 18. The molecule has 0 fully saturated rings. The fourth-order valence-electron chi connectivity index (χ4n) is 8.50. The molecule has 3 aromatic carbocycles. The number of likely N-dealkylation sites (N-methyl/N-ethyl adjacent to an activating group) is 2. The van der Waals surface area contributed by atoms with Crippen molar-refractivity contribution < 1.29 is 28.7 Å². The molecule has 0 saturated carbocycles. The Hall–Kier alpha value is -4.46. The van der Waals surface area contributed by atoms with E-state index in [1.165, 1.54) is 157 Å². The minimum Gasteiger partial charge on any atom is -0.465 e. The van der Waals surface area contributed by atoms with Gasteiger partial charge in [0.05, 0.1) is 37.2 Å². The van der Waals surface area contributed by atoms with Crippen LogP contribution in [-0.2, 0) is 31.9 Å². The molecule has 0 saturated heterocycles. The number of benzene rings is 3. The number of ether oxygens (including phenoxy) is 2. The van der Waals surface area contributed by atoms with Crippen molar-refractivity contribution >= 4 is 23.8 Å². The molecule has 0 N–H and O–H groups in total. The maximum absolute atomic E-state index is 14.3. The molecule has 2 unspecified atom stereocenters. The van der Waals surface area contributed by atoms with Crippen molar-refractivity contribution in [2.24, 2.45) is 0 Å². The average Bonchev–Trinajstić information content (AvgIpc) is 3.28. The van der Waals surface area contributed by atoms with E-state index in [0.717, 1.165) is 25.7 Å². The van der Waals surface area contributed by atoms with E-state index < -0.39 is 23.8 Å². The van der Waals surface area contributed by atoms with Gasteiger partial charge in [0.2, 0.25) is 11.8 Å². The predicted molar refractivity (Wildman–Crippen MR) is 254 cm³/mol. The van der Waals surface area contributed by atoms with Crippen LogP contribution in [0.25, 0.3) is 0 Å². The number of methoxy groups -OCH3 is 2. The van der Waals surface area contributed by atoms with E-state index in [1.807, 2.05) is 24.3 Å². The number of esters is 2. The molecule has 2 atom stereocenters. The van der Waals surface area contributed by atoms with Crippen LogP contribution in [0.2, 0.25) is 0 Å². The van der Waals surface area contributed by atoms with Crippen molar-refractivity contribution in [3.63, 3.8) is 0 Å². The lowest BCUT2D eigenvalue weighted by atomic mass is 9.79. The summed E-state index contributed by atoms with van der Waals surface area (Å²) in [6.45, 7) is 4.51. The number of hydrogen-bond donors (Lipinski definition) is 0. The molecule has 2 amide bonds. The zero-order chi connectivity index (χ0) is 45.3. The fourth-order valence-corrected chi connectivity index (χ4v) is 8.50. The van der Waals surface area contributed by atoms with E-state index in [2.05, 4.69) is 38.1 Å². The van der Waals surface area contributed by atoms with Crippen LogP contribution in [-0.4, -0.2) is 76.0 Å². The molecular weight excluding hydrogens is 773 g/mol. The molecular formula is C54H80N2O6. The molecule has 0 bridgehead atoms.